The molecule has 1 aromatic heterocycles. The predicted octanol–water partition coefficient (Wildman–Crippen LogP) is 1.09. The normalized spacial score (nSPS) is 10.6. The van der Waals surface area contributed by atoms with Gasteiger partial charge in [0.1, 0.15) is 18.0 Å². The molecule has 0 saturated carbocycles. The van der Waals surface area contributed by atoms with Crippen molar-refractivity contribution in [1.29, 1.82) is 0 Å². The average Bonchev–Trinajstić information content (AvgIpc) is 2.77. The van der Waals surface area contributed by atoms with E-state index >= 15 is 0 Å². The van der Waals surface area contributed by atoms with Gasteiger partial charge in [0.05, 0.1) is 23.6 Å². The molecule has 0 radical (unpaired) electrons. The van der Waals surface area contributed by atoms with Crippen LogP contribution >= 0.6 is 0 Å². The van der Waals surface area contributed by atoms with Gasteiger partial charge in [-0.25, -0.2) is 14.1 Å². The Kier molecular flexibility index (Phi) is 3.81. The molecule has 1 heterocycles. The third-order valence-corrected chi connectivity index (χ3v) is 2.59. The topological polar surface area (TPSA) is 85.9 Å². The molecular weight excluding hydrogens is 253 g/mol. The Bertz CT molecular complexity index is 599. The number of rotatable bonds is 5. The monoisotopic (exact) mass is 265 g/mol. The van der Waals surface area contributed by atoms with E-state index in [1.54, 1.807) is 7.05 Å². The first-order valence-electron chi connectivity index (χ1n) is 5.56. The van der Waals surface area contributed by atoms with Gasteiger partial charge in [0.25, 0.3) is 5.69 Å². The Hall–Kier alpha value is -2.35. The van der Waals surface area contributed by atoms with Crippen molar-refractivity contribution in [3.8, 4) is 0 Å². The summed E-state index contributed by atoms with van der Waals surface area (Å²) in [5, 5.41) is 17.8. The number of nitro groups is 1. The van der Waals surface area contributed by atoms with Crippen LogP contribution in [0.25, 0.3) is 0 Å². The minimum absolute atomic E-state index is 0.102. The van der Waals surface area contributed by atoms with Crippen LogP contribution in [0, 0.1) is 15.9 Å². The van der Waals surface area contributed by atoms with Crippen molar-refractivity contribution in [2.24, 2.45) is 0 Å². The second-order valence-corrected chi connectivity index (χ2v) is 3.89. The van der Waals surface area contributed by atoms with E-state index in [-0.39, 0.29) is 17.8 Å². The molecule has 0 aliphatic rings. The predicted molar refractivity (Wildman–Crippen MR) is 64.9 cm³/mol. The summed E-state index contributed by atoms with van der Waals surface area (Å²) in [6, 6.07) is 3.36. The van der Waals surface area contributed by atoms with Crippen LogP contribution < -0.4 is 5.32 Å². The lowest BCUT2D eigenvalue weighted by molar-refractivity contribution is -0.385. The molecule has 19 heavy (non-hydrogen) atoms. The highest BCUT2D eigenvalue weighted by Crippen LogP contribution is 2.20. The number of nitrogens with one attached hydrogen (secondary N) is 1. The quantitative estimate of drug-likeness (QED) is 0.646. The molecule has 7 nitrogen and oxygen atoms in total. The van der Waals surface area contributed by atoms with Crippen molar-refractivity contribution >= 4 is 5.69 Å². The van der Waals surface area contributed by atoms with Gasteiger partial charge >= 0.3 is 0 Å². The maximum atomic E-state index is 13.2. The third-order valence-electron chi connectivity index (χ3n) is 2.59. The first kappa shape index (κ1) is 13.1. The molecule has 0 unspecified atom stereocenters. The van der Waals surface area contributed by atoms with Crippen molar-refractivity contribution in [2.75, 3.05) is 7.05 Å². The molecule has 100 valence electrons. The fourth-order valence-electron chi connectivity index (χ4n) is 1.74. The Balaban J connectivity index is 2.34. The molecule has 2 rings (SSSR count). The summed E-state index contributed by atoms with van der Waals surface area (Å²) in [7, 11) is 1.75. The van der Waals surface area contributed by atoms with Crippen LogP contribution in [0.15, 0.2) is 24.5 Å². The molecule has 0 spiro atoms. The molecule has 0 bridgehead atoms. The summed E-state index contributed by atoms with van der Waals surface area (Å²) < 4.78 is 14.7. The molecule has 2 aromatic rings. The molecule has 0 aliphatic carbocycles. The Labute approximate surface area is 108 Å². The zero-order chi connectivity index (χ0) is 13.8. The van der Waals surface area contributed by atoms with Crippen molar-refractivity contribution in [1.82, 2.24) is 20.1 Å². The van der Waals surface area contributed by atoms with E-state index in [1.807, 2.05) is 0 Å². The number of hydrogen-bond acceptors (Lipinski definition) is 5. The van der Waals surface area contributed by atoms with Gasteiger partial charge in [0, 0.05) is 6.07 Å². The number of benzene rings is 1. The number of hydrogen-bond donors (Lipinski definition) is 1. The minimum atomic E-state index is -0.538. The van der Waals surface area contributed by atoms with Crippen LogP contribution in [0.5, 0.6) is 0 Å². The smallest absolute Gasteiger partial charge is 0.274 e. The second-order valence-electron chi connectivity index (χ2n) is 3.89. The van der Waals surface area contributed by atoms with Crippen molar-refractivity contribution in [3.63, 3.8) is 0 Å². The second kappa shape index (κ2) is 5.53. The minimum Gasteiger partial charge on any atom is -0.313 e. The first-order chi connectivity index (χ1) is 9.11. The lowest BCUT2D eigenvalue weighted by atomic mass is 10.1. The summed E-state index contributed by atoms with van der Waals surface area (Å²) in [6.07, 6.45) is 1.36. The Morgan fingerprint density at radius 1 is 1.53 bits per heavy atom. The molecule has 0 atom stereocenters. The van der Waals surface area contributed by atoms with E-state index < -0.39 is 10.7 Å². The van der Waals surface area contributed by atoms with Crippen molar-refractivity contribution in [3.05, 3.63) is 51.8 Å². The van der Waals surface area contributed by atoms with Crippen LogP contribution in [-0.4, -0.2) is 26.7 Å². The van der Waals surface area contributed by atoms with Crippen molar-refractivity contribution < 1.29 is 9.31 Å². The molecule has 1 N–H and O–H groups in total. The summed E-state index contributed by atoms with van der Waals surface area (Å²) in [6.45, 7) is 0.578. The SMILES string of the molecule is CNCc1ncnn1Cc1cc(F)ccc1[N+](=O)[O-]. The van der Waals surface area contributed by atoms with E-state index in [9.17, 15) is 14.5 Å². The lowest BCUT2D eigenvalue weighted by Crippen LogP contribution is -2.14. The summed E-state index contributed by atoms with van der Waals surface area (Å²) in [5.41, 5.74) is 0.125. The fourth-order valence-corrected chi connectivity index (χ4v) is 1.74. The van der Waals surface area contributed by atoms with E-state index in [0.717, 1.165) is 18.2 Å². The molecule has 0 amide bonds. The van der Waals surface area contributed by atoms with Gasteiger partial charge in [-0.2, -0.15) is 5.10 Å². The number of nitro benzene ring substituents is 1. The molecule has 0 saturated heterocycles. The summed E-state index contributed by atoms with van der Waals surface area (Å²) in [5.74, 6) is 0.108. The van der Waals surface area contributed by atoms with Crippen LogP contribution in [0.1, 0.15) is 11.4 Å². The molecule has 8 heteroatoms. The van der Waals surface area contributed by atoms with E-state index in [0.29, 0.717) is 12.4 Å². The fraction of sp³-hybridized carbons (Fsp3) is 0.273. The van der Waals surface area contributed by atoms with Gasteiger partial charge in [0.2, 0.25) is 0 Å². The van der Waals surface area contributed by atoms with Gasteiger partial charge in [-0.05, 0) is 19.2 Å². The van der Waals surface area contributed by atoms with Gasteiger partial charge in [-0.15, -0.1) is 0 Å². The molecule has 1 aromatic carbocycles. The number of aromatic nitrogens is 3. The van der Waals surface area contributed by atoms with Gasteiger partial charge in [0.15, 0.2) is 0 Å². The largest absolute Gasteiger partial charge is 0.313 e. The molecule has 0 fully saturated rings. The molecular formula is C11H12FN5O2. The van der Waals surface area contributed by atoms with E-state index in [1.165, 1.54) is 11.0 Å². The Morgan fingerprint density at radius 2 is 2.32 bits per heavy atom. The highest BCUT2D eigenvalue weighted by atomic mass is 19.1. The molecule has 0 aliphatic heterocycles. The summed E-state index contributed by atoms with van der Waals surface area (Å²) >= 11 is 0. The highest BCUT2D eigenvalue weighted by molar-refractivity contribution is 5.40. The maximum absolute atomic E-state index is 13.2. The Morgan fingerprint density at radius 3 is 3.00 bits per heavy atom. The number of nitrogens with zero attached hydrogens (tertiary/aromatic N) is 4. The third kappa shape index (κ3) is 2.91. The summed E-state index contributed by atoms with van der Waals surface area (Å²) in [4.78, 5) is 14.4. The first-order valence-corrected chi connectivity index (χ1v) is 5.56. The maximum Gasteiger partial charge on any atom is 0.274 e. The van der Waals surface area contributed by atoms with E-state index in [2.05, 4.69) is 15.4 Å². The average molecular weight is 265 g/mol. The standard InChI is InChI=1S/C11H12FN5O2/c1-13-5-11-14-7-15-16(11)6-8-4-9(12)2-3-10(8)17(18)19/h2-4,7,13H,5-6H2,1H3. The zero-order valence-electron chi connectivity index (χ0n) is 10.2. The number of halogens is 1. The van der Waals surface area contributed by atoms with Gasteiger partial charge in [-0.1, -0.05) is 0 Å². The van der Waals surface area contributed by atoms with Crippen LogP contribution in [-0.2, 0) is 13.1 Å². The van der Waals surface area contributed by atoms with Gasteiger partial charge in [-0.3, -0.25) is 10.1 Å². The highest BCUT2D eigenvalue weighted by Gasteiger charge is 2.16. The van der Waals surface area contributed by atoms with E-state index in [4.69, 9.17) is 0 Å². The van der Waals surface area contributed by atoms with Crippen LogP contribution in [0.4, 0.5) is 10.1 Å². The van der Waals surface area contributed by atoms with Gasteiger partial charge < -0.3 is 5.32 Å². The zero-order valence-corrected chi connectivity index (χ0v) is 10.2. The van der Waals surface area contributed by atoms with Crippen molar-refractivity contribution in [2.45, 2.75) is 13.1 Å². The van der Waals surface area contributed by atoms with Crippen LogP contribution in [0.2, 0.25) is 0 Å². The lowest BCUT2D eigenvalue weighted by Gasteiger charge is -2.06. The van der Waals surface area contributed by atoms with Crippen LogP contribution in [0.3, 0.4) is 0 Å².